The van der Waals surface area contributed by atoms with Crippen LogP contribution >= 0.6 is 22.6 Å². The van der Waals surface area contributed by atoms with Crippen molar-refractivity contribution in [3.8, 4) is 0 Å². The summed E-state index contributed by atoms with van der Waals surface area (Å²) in [5, 5.41) is 2.81. The van der Waals surface area contributed by atoms with Crippen molar-refractivity contribution in [2.45, 2.75) is 39.2 Å². The van der Waals surface area contributed by atoms with Crippen LogP contribution in [0.5, 0.6) is 0 Å². The number of benzene rings is 2. The number of hydrogen-bond acceptors (Lipinski definition) is 1. The summed E-state index contributed by atoms with van der Waals surface area (Å²) in [4.78, 5) is 0. The molecule has 3 heteroatoms. The SMILES string of the molecule is C[C@@H](CI)CCO[Si](c1ccccc1)(c1ccccc1)C(C)(C)C. The lowest BCUT2D eigenvalue weighted by molar-refractivity contribution is 0.274. The molecule has 0 aliphatic rings. The van der Waals surface area contributed by atoms with Gasteiger partial charge >= 0.3 is 0 Å². The van der Waals surface area contributed by atoms with Crippen LogP contribution in [0, 0.1) is 5.92 Å². The molecule has 0 saturated heterocycles. The first-order valence-electron chi connectivity index (χ1n) is 8.73. The molecule has 0 N–H and O–H groups in total. The molecule has 0 radical (unpaired) electrons. The van der Waals surface area contributed by atoms with Crippen molar-refractivity contribution in [3.63, 3.8) is 0 Å². The third kappa shape index (κ3) is 4.30. The van der Waals surface area contributed by atoms with Gasteiger partial charge in [-0.2, -0.15) is 0 Å². The number of alkyl halides is 1. The number of hydrogen-bond donors (Lipinski definition) is 0. The predicted octanol–water partition coefficient (Wildman–Crippen LogP) is 5.02. The molecule has 0 unspecified atom stereocenters. The maximum absolute atomic E-state index is 6.87. The third-order valence-corrected chi connectivity index (χ3v) is 11.2. The van der Waals surface area contributed by atoms with Gasteiger partial charge in [-0.05, 0) is 27.8 Å². The minimum atomic E-state index is -2.33. The van der Waals surface area contributed by atoms with E-state index in [1.807, 2.05) is 0 Å². The largest absolute Gasteiger partial charge is 0.407 e. The lowest BCUT2D eigenvalue weighted by atomic mass is 10.1. The molecular weight excluding hydrogens is 423 g/mol. The van der Waals surface area contributed by atoms with Crippen LogP contribution in [0.2, 0.25) is 5.04 Å². The molecular formula is C21H29IOSi. The Labute approximate surface area is 162 Å². The topological polar surface area (TPSA) is 9.23 Å². The van der Waals surface area contributed by atoms with Crippen LogP contribution in [0.25, 0.3) is 0 Å². The van der Waals surface area contributed by atoms with Crippen LogP contribution < -0.4 is 10.4 Å². The Morgan fingerprint density at radius 3 is 1.75 bits per heavy atom. The Morgan fingerprint density at radius 2 is 1.38 bits per heavy atom. The van der Waals surface area contributed by atoms with Gasteiger partial charge < -0.3 is 4.43 Å². The summed E-state index contributed by atoms with van der Waals surface area (Å²) in [6, 6.07) is 21.8. The van der Waals surface area contributed by atoms with Gasteiger partial charge in [-0.1, -0.05) is 111 Å². The molecule has 24 heavy (non-hydrogen) atoms. The van der Waals surface area contributed by atoms with Gasteiger partial charge in [-0.25, -0.2) is 0 Å². The van der Waals surface area contributed by atoms with E-state index in [9.17, 15) is 0 Å². The first kappa shape index (κ1) is 19.7. The molecule has 0 saturated carbocycles. The molecule has 2 rings (SSSR count). The molecule has 0 heterocycles. The van der Waals surface area contributed by atoms with E-state index >= 15 is 0 Å². The average molecular weight is 452 g/mol. The minimum absolute atomic E-state index is 0.0727. The van der Waals surface area contributed by atoms with Crippen molar-refractivity contribution in [1.82, 2.24) is 0 Å². The molecule has 0 aliphatic heterocycles. The summed E-state index contributed by atoms with van der Waals surface area (Å²) in [7, 11) is -2.33. The lowest BCUT2D eigenvalue weighted by Crippen LogP contribution is -2.66. The van der Waals surface area contributed by atoms with Gasteiger partial charge in [0.2, 0.25) is 0 Å². The molecule has 0 aliphatic carbocycles. The fourth-order valence-corrected chi connectivity index (χ4v) is 8.27. The monoisotopic (exact) mass is 452 g/mol. The van der Waals surface area contributed by atoms with E-state index in [4.69, 9.17) is 4.43 Å². The van der Waals surface area contributed by atoms with E-state index in [1.54, 1.807) is 0 Å². The normalized spacial score (nSPS) is 13.7. The lowest BCUT2D eigenvalue weighted by Gasteiger charge is -2.43. The molecule has 1 atom stereocenters. The Morgan fingerprint density at radius 1 is 0.917 bits per heavy atom. The second-order valence-corrected chi connectivity index (χ2v) is 12.7. The Hall–Kier alpha value is -0.653. The molecule has 2 aromatic rings. The van der Waals surface area contributed by atoms with Gasteiger partial charge in [-0.15, -0.1) is 0 Å². The number of rotatable bonds is 7. The second kappa shape index (κ2) is 8.63. The van der Waals surface area contributed by atoms with Crippen LogP contribution in [0.15, 0.2) is 60.7 Å². The van der Waals surface area contributed by atoms with E-state index in [-0.39, 0.29) is 5.04 Å². The summed E-state index contributed by atoms with van der Waals surface area (Å²) in [5.41, 5.74) is 0. The van der Waals surface area contributed by atoms with E-state index in [0.717, 1.165) is 13.0 Å². The Kier molecular flexibility index (Phi) is 7.07. The molecule has 1 nitrogen and oxygen atoms in total. The van der Waals surface area contributed by atoms with Crippen molar-refractivity contribution >= 4 is 41.3 Å². The zero-order valence-corrected chi connectivity index (χ0v) is 18.4. The summed E-state index contributed by atoms with van der Waals surface area (Å²) in [6.45, 7) is 10.1. The van der Waals surface area contributed by atoms with Gasteiger partial charge in [0.15, 0.2) is 0 Å². The van der Waals surface area contributed by atoms with Crippen LogP contribution in [0.1, 0.15) is 34.1 Å². The van der Waals surface area contributed by atoms with Crippen LogP contribution in [-0.2, 0) is 4.43 Å². The van der Waals surface area contributed by atoms with Crippen molar-refractivity contribution in [1.29, 1.82) is 0 Å². The van der Waals surface area contributed by atoms with Gasteiger partial charge in [0.05, 0.1) is 0 Å². The van der Waals surface area contributed by atoms with Gasteiger partial charge in [0, 0.05) is 11.0 Å². The van der Waals surface area contributed by atoms with Crippen LogP contribution in [0.4, 0.5) is 0 Å². The smallest absolute Gasteiger partial charge is 0.261 e. The highest BCUT2D eigenvalue weighted by Crippen LogP contribution is 2.36. The summed E-state index contributed by atoms with van der Waals surface area (Å²) in [5.74, 6) is 0.698. The quantitative estimate of drug-likeness (QED) is 0.326. The highest BCUT2D eigenvalue weighted by atomic mass is 127. The predicted molar refractivity (Wildman–Crippen MR) is 116 cm³/mol. The van der Waals surface area contributed by atoms with Crippen molar-refractivity contribution < 1.29 is 4.43 Å². The number of halogens is 1. The summed E-state index contributed by atoms with van der Waals surface area (Å²) in [6.07, 6.45) is 1.12. The van der Waals surface area contributed by atoms with Crippen molar-refractivity contribution in [2.24, 2.45) is 5.92 Å². The first-order chi connectivity index (χ1) is 11.4. The van der Waals surface area contributed by atoms with E-state index in [1.165, 1.54) is 14.8 Å². The molecule has 0 aromatic heterocycles. The zero-order valence-electron chi connectivity index (χ0n) is 15.3. The molecule has 0 fully saturated rings. The third-order valence-electron chi connectivity index (χ3n) is 4.61. The van der Waals surface area contributed by atoms with E-state index in [0.29, 0.717) is 5.92 Å². The fraction of sp³-hybridized carbons (Fsp3) is 0.429. The zero-order chi connectivity index (χ0) is 17.6. The van der Waals surface area contributed by atoms with Gasteiger partial charge in [0.1, 0.15) is 0 Å². The van der Waals surface area contributed by atoms with E-state index in [2.05, 4.69) is 111 Å². The molecule has 0 bridgehead atoms. The van der Waals surface area contributed by atoms with Crippen molar-refractivity contribution in [3.05, 3.63) is 60.7 Å². The standard InChI is InChI=1S/C21H29IOSi/c1-18(17-22)15-16-23-24(21(2,3)4,19-11-7-5-8-12-19)20-13-9-6-10-14-20/h5-14,18H,15-17H2,1-4H3/t18-/m1/s1. The average Bonchev–Trinajstić information content (AvgIpc) is 2.59. The highest BCUT2D eigenvalue weighted by molar-refractivity contribution is 14.1. The van der Waals surface area contributed by atoms with Gasteiger partial charge in [-0.3, -0.25) is 0 Å². The minimum Gasteiger partial charge on any atom is -0.407 e. The summed E-state index contributed by atoms with van der Waals surface area (Å²) < 4.78 is 8.06. The van der Waals surface area contributed by atoms with E-state index < -0.39 is 8.32 Å². The first-order valence-corrected chi connectivity index (χ1v) is 12.2. The second-order valence-electron chi connectivity index (χ2n) is 7.56. The van der Waals surface area contributed by atoms with Crippen LogP contribution in [-0.4, -0.2) is 19.4 Å². The maximum atomic E-state index is 6.87. The Balaban J connectivity index is 2.49. The van der Waals surface area contributed by atoms with Gasteiger partial charge in [0.25, 0.3) is 8.32 Å². The molecule has 2 aromatic carbocycles. The maximum Gasteiger partial charge on any atom is 0.261 e. The molecule has 0 amide bonds. The summed E-state index contributed by atoms with van der Waals surface area (Å²) >= 11 is 2.47. The fourth-order valence-electron chi connectivity index (χ4n) is 3.25. The Bertz CT molecular complexity index is 567. The van der Waals surface area contributed by atoms with Crippen LogP contribution in [0.3, 0.4) is 0 Å². The highest BCUT2D eigenvalue weighted by Gasteiger charge is 2.49. The molecule has 130 valence electrons. The molecule has 0 spiro atoms. The van der Waals surface area contributed by atoms with Crippen molar-refractivity contribution in [2.75, 3.05) is 11.0 Å².